The Balaban J connectivity index is 2.48. The van der Waals surface area contributed by atoms with E-state index in [1.165, 1.54) is 4.90 Å². The normalized spacial score (nSPS) is 19.4. The van der Waals surface area contributed by atoms with Gasteiger partial charge in [-0.3, -0.25) is 14.4 Å². The average Bonchev–Trinajstić information content (AvgIpc) is 2.36. The topological polar surface area (TPSA) is 89.7 Å². The summed E-state index contributed by atoms with van der Waals surface area (Å²) in [5.74, 6) is -1.07. The van der Waals surface area contributed by atoms with E-state index in [1.807, 2.05) is 0 Å². The Morgan fingerprint density at radius 2 is 2.00 bits per heavy atom. The van der Waals surface area contributed by atoms with Crippen molar-refractivity contribution in [3.05, 3.63) is 0 Å². The first kappa shape index (κ1) is 14.5. The predicted octanol–water partition coefficient (Wildman–Crippen LogP) is 0.196. The maximum atomic E-state index is 11.9. The Kier molecular flexibility index (Phi) is 5.61. The molecule has 1 fully saturated rings. The van der Waals surface area contributed by atoms with Gasteiger partial charge in [-0.1, -0.05) is 0 Å². The number of ether oxygens (including phenoxy) is 1. The van der Waals surface area contributed by atoms with Crippen molar-refractivity contribution in [1.29, 1.82) is 0 Å². The van der Waals surface area contributed by atoms with Gasteiger partial charge >= 0.3 is 5.97 Å². The molecule has 0 radical (unpaired) electrons. The fourth-order valence-electron chi connectivity index (χ4n) is 2.11. The molecule has 1 heterocycles. The van der Waals surface area contributed by atoms with E-state index in [9.17, 15) is 14.4 Å². The molecule has 1 rings (SSSR count). The van der Waals surface area contributed by atoms with Crippen molar-refractivity contribution in [1.82, 2.24) is 4.90 Å². The van der Waals surface area contributed by atoms with Crippen molar-refractivity contribution in [2.75, 3.05) is 13.2 Å². The van der Waals surface area contributed by atoms with Crippen molar-refractivity contribution in [2.24, 2.45) is 5.73 Å². The lowest BCUT2D eigenvalue weighted by atomic mass is 10.0. The largest absolute Gasteiger partial charge is 0.466 e. The zero-order valence-electron chi connectivity index (χ0n) is 10.7. The van der Waals surface area contributed by atoms with E-state index in [-0.39, 0.29) is 18.7 Å². The number of primary amides is 1. The first-order valence-corrected chi connectivity index (χ1v) is 6.30. The highest BCUT2D eigenvalue weighted by atomic mass is 16.5. The van der Waals surface area contributed by atoms with Crippen LogP contribution in [0.1, 0.15) is 39.0 Å². The van der Waals surface area contributed by atoms with E-state index >= 15 is 0 Å². The number of carbonyl (C=O) groups is 3. The molecule has 6 heteroatoms. The van der Waals surface area contributed by atoms with Crippen LogP contribution in [0.25, 0.3) is 0 Å². The van der Waals surface area contributed by atoms with E-state index in [0.717, 1.165) is 12.8 Å². The minimum Gasteiger partial charge on any atom is -0.466 e. The molecular weight excluding hydrogens is 236 g/mol. The summed E-state index contributed by atoms with van der Waals surface area (Å²) in [5, 5.41) is 0. The summed E-state index contributed by atoms with van der Waals surface area (Å²) in [7, 11) is 0. The van der Waals surface area contributed by atoms with Gasteiger partial charge in [0.25, 0.3) is 0 Å². The van der Waals surface area contributed by atoms with E-state index in [2.05, 4.69) is 0 Å². The highest BCUT2D eigenvalue weighted by molar-refractivity contribution is 5.88. The van der Waals surface area contributed by atoms with E-state index in [1.54, 1.807) is 6.92 Å². The summed E-state index contributed by atoms with van der Waals surface area (Å²) >= 11 is 0. The molecule has 2 amide bonds. The molecule has 1 saturated heterocycles. The number of carbonyl (C=O) groups excluding carboxylic acids is 3. The van der Waals surface area contributed by atoms with Crippen LogP contribution in [0.4, 0.5) is 0 Å². The number of rotatable bonds is 5. The Hall–Kier alpha value is -1.59. The van der Waals surface area contributed by atoms with E-state index in [4.69, 9.17) is 10.5 Å². The zero-order chi connectivity index (χ0) is 13.5. The van der Waals surface area contributed by atoms with Gasteiger partial charge in [0.05, 0.1) is 13.0 Å². The Morgan fingerprint density at radius 3 is 2.61 bits per heavy atom. The molecule has 2 N–H and O–H groups in total. The molecule has 1 aliphatic rings. The summed E-state index contributed by atoms with van der Waals surface area (Å²) < 4.78 is 4.75. The Morgan fingerprint density at radius 1 is 1.28 bits per heavy atom. The average molecular weight is 256 g/mol. The van der Waals surface area contributed by atoms with Crippen LogP contribution in [0.15, 0.2) is 0 Å². The summed E-state index contributed by atoms with van der Waals surface area (Å²) in [6.45, 7) is 2.56. The van der Waals surface area contributed by atoms with Gasteiger partial charge in [0.1, 0.15) is 6.04 Å². The van der Waals surface area contributed by atoms with Crippen molar-refractivity contribution in [3.8, 4) is 0 Å². The van der Waals surface area contributed by atoms with Gasteiger partial charge in [0, 0.05) is 13.0 Å². The van der Waals surface area contributed by atoms with Gasteiger partial charge in [0.15, 0.2) is 0 Å². The molecule has 0 aromatic rings. The van der Waals surface area contributed by atoms with Crippen molar-refractivity contribution >= 4 is 17.8 Å². The van der Waals surface area contributed by atoms with Crippen LogP contribution >= 0.6 is 0 Å². The maximum absolute atomic E-state index is 11.9. The molecule has 18 heavy (non-hydrogen) atoms. The van der Waals surface area contributed by atoms with Crippen LogP contribution in [-0.4, -0.2) is 41.9 Å². The molecular formula is C12H20N2O4. The van der Waals surface area contributed by atoms with Crippen LogP contribution in [0.5, 0.6) is 0 Å². The molecule has 1 atom stereocenters. The van der Waals surface area contributed by atoms with Crippen LogP contribution < -0.4 is 5.73 Å². The number of hydrogen-bond acceptors (Lipinski definition) is 4. The maximum Gasteiger partial charge on any atom is 0.306 e. The minimum absolute atomic E-state index is 0.0503. The number of nitrogens with zero attached hydrogens (tertiary/aromatic N) is 1. The number of hydrogen-bond donors (Lipinski definition) is 1. The first-order chi connectivity index (χ1) is 8.56. The third-order valence-corrected chi connectivity index (χ3v) is 3.00. The van der Waals surface area contributed by atoms with E-state index < -0.39 is 17.9 Å². The quantitative estimate of drug-likeness (QED) is 0.711. The van der Waals surface area contributed by atoms with Crippen molar-refractivity contribution < 1.29 is 19.1 Å². The highest BCUT2D eigenvalue weighted by Gasteiger charge is 2.30. The van der Waals surface area contributed by atoms with Gasteiger partial charge in [-0.15, -0.1) is 0 Å². The molecule has 1 aliphatic heterocycles. The summed E-state index contributed by atoms with van der Waals surface area (Å²) in [4.78, 5) is 35.8. The SMILES string of the molecule is CCOC(=O)CCC(=O)N1CCCCC1C(N)=O. The molecule has 0 bridgehead atoms. The van der Waals surface area contributed by atoms with Crippen LogP contribution in [-0.2, 0) is 19.1 Å². The highest BCUT2D eigenvalue weighted by Crippen LogP contribution is 2.18. The summed E-state index contributed by atoms with van der Waals surface area (Å²) in [6, 6.07) is -0.520. The van der Waals surface area contributed by atoms with Gasteiger partial charge in [0.2, 0.25) is 11.8 Å². The monoisotopic (exact) mass is 256 g/mol. The summed E-state index contributed by atoms with van der Waals surface area (Å²) in [5.41, 5.74) is 5.27. The van der Waals surface area contributed by atoms with Crippen LogP contribution in [0.2, 0.25) is 0 Å². The number of likely N-dealkylation sites (tertiary alicyclic amines) is 1. The van der Waals surface area contributed by atoms with E-state index in [0.29, 0.717) is 19.6 Å². The lowest BCUT2D eigenvalue weighted by molar-refractivity contribution is -0.147. The molecule has 0 saturated carbocycles. The Bertz CT molecular complexity index is 330. The van der Waals surface area contributed by atoms with Gasteiger partial charge in [-0.2, -0.15) is 0 Å². The molecule has 102 valence electrons. The third-order valence-electron chi connectivity index (χ3n) is 3.00. The van der Waals surface area contributed by atoms with Crippen molar-refractivity contribution in [2.45, 2.75) is 45.1 Å². The predicted molar refractivity (Wildman–Crippen MR) is 64.4 cm³/mol. The van der Waals surface area contributed by atoms with Gasteiger partial charge < -0.3 is 15.4 Å². The molecule has 0 aromatic heterocycles. The van der Waals surface area contributed by atoms with Crippen molar-refractivity contribution in [3.63, 3.8) is 0 Å². The number of amides is 2. The van der Waals surface area contributed by atoms with Gasteiger partial charge in [-0.25, -0.2) is 0 Å². The number of nitrogens with two attached hydrogens (primary N) is 1. The fourth-order valence-corrected chi connectivity index (χ4v) is 2.11. The minimum atomic E-state index is -0.520. The molecule has 0 aliphatic carbocycles. The van der Waals surface area contributed by atoms with Crippen LogP contribution in [0, 0.1) is 0 Å². The first-order valence-electron chi connectivity index (χ1n) is 6.30. The standard InChI is InChI=1S/C12H20N2O4/c1-2-18-11(16)7-6-10(15)14-8-4-3-5-9(14)12(13)17/h9H,2-8H2,1H3,(H2,13,17). The molecule has 0 spiro atoms. The lowest BCUT2D eigenvalue weighted by Crippen LogP contribution is -2.50. The summed E-state index contributed by atoms with van der Waals surface area (Å²) in [6.07, 6.45) is 2.50. The van der Waals surface area contributed by atoms with Crippen LogP contribution in [0.3, 0.4) is 0 Å². The number of piperidine rings is 1. The fraction of sp³-hybridized carbons (Fsp3) is 0.750. The molecule has 6 nitrogen and oxygen atoms in total. The molecule has 0 aromatic carbocycles. The lowest BCUT2D eigenvalue weighted by Gasteiger charge is -2.33. The van der Waals surface area contributed by atoms with Gasteiger partial charge in [-0.05, 0) is 26.2 Å². The Labute approximate surface area is 106 Å². The molecule has 1 unspecified atom stereocenters. The second-order valence-corrected chi connectivity index (χ2v) is 4.31. The third kappa shape index (κ3) is 4.01. The smallest absolute Gasteiger partial charge is 0.306 e. The zero-order valence-corrected chi connectivity index (χ0v) is 10.7. The number of esters is 1. The second-order valence-electron chi connectivity index (χ2n) is 4.31. The second kappa shape index (κ2) is 6.98.